The number of nitrogens with one attached hydrogen (secondary N) is 1. The maximum absolute atomic E-state index is 12.9. The average Bonchev–Trinajstić information content (AvgIpc) is 2.97. The van der Waals surface area contributed by atoms with Crippen molar-refractivity contribution in [1.82, 2.24) is 4.98 Å². The second-order valence-electron chi connectivity index (χ2n) is 6.14. The number of rotatable bonds is 7. The van der Waals surface area contributed by atoms with Crippen LogP contribution >= 0.6 is 0 Å². The minimum atomic E-state index is -0.224. The Bertz CT molecular complexity index is 757. The van der Waals surface area contributed by atoms with Crippen LogP contribution in [0.25, 0.3) is 0 Å². The number of hydrazone groups is 1. The lowest BCUT2D eigenvalue weighted by atomic mass is 9.99. The number of hydrogen-bond donors (Lipinski definition) is 1. The predicted molar refractivity (Wildman–Crippen MR) is 102 cm³/mol. The molecule has 1 aliphatic heterocycles. The second kappa shape index (κ2) is 7.92. The number of carbonyl (C=O) groups is 1. The molecule has 2 heterocycles. The topological polar surface area (TPSA) is 57.6 Å². The zero-order valence-electron chi connectivity index (χ0n) is 14.8. The number of benzene rings is 1. The van der Waals surface area contributed by atoms with Gasteiger partial charge in [0, 0.05) is 24.6 Å². The SMILES string of the molecule is CCCC1=NN(c2ccncc2)C(=O)C1CNc1ccccc1CC. The number of aryl methyl sites for hydroxylation is 1. The molecule has 130 valence electrons. The number of anilines is 2. The third-order valence-corrected chi connectivity index (χ3v) is 4.45. The summed E-state index contributed by atoms with van der Waals surface area (Å²) in [5.74, 6) is -0.200. The normalized spacial score (nSPS) is 16.9. The number of aromatic nitrogens is 1. The van der Waals surface area contributed by atoms with E-state index in [9.17, 15) is 4.79 Å². The van der Waals surface area contributed by atoms with E-state index in [4.69, 9.17) is 0 Å². The van der Waals surface area contributed by atoms with Crippen LogP contribution in [-0.2, 0) is 11.2 Å². The van der Waals surface area contributed by atoms with E-state index in [1.165, 1.54) is 10.6 Å². The zero-order valence-corrected chi connectivity index (χ0v) is 14.8. The van der Waals surface area contributed by atoms with E-state index in [0.29, 0.717) is 6.54 Å². The molecule has 5 nitrogen and oxygen atoms in total. The summed E-state index contributed by atoms with van der Waals surface area (Å²) in [6, 6.07) is 11.9. The Morgan fingerprint density at radius 2 is 1.88 bits per heavy atom. The summed E-state index contributed by atoms with van der Waals surface area (Å²) < 4.78 is 0. The summed E-state index contributed by atoms with van der Waals surface area (Å²) in [5.41, 5.74) is 4.07. The first-order chi connectivity index (χ1) is 12.2. The van der Waals surface area contributed by atoms with Gasteiger partial charge in [0.2, 0.25) is 0 Å². The molecule has 0 saturated heterocycles. The van der Waals surface area contributed by atoms with Crippen molar-refractivity contribution >= 4 is 23.0 Å². The van der Waals surface area contributed by atoms with E-state index in [0.717, 1.165) is 36.3 Å². The van der Waals surface area contributed by atoms with Crippen molar-refractivity contribution < 1.29 is 4.79 Å². The molecule has 5 heteroatoms. The summed E-state index contributed by atoms with van der Waals surface area (Å²) in [5, 5.41) is 9.57. The van der Waals surface area contributed by atoms with Gasteiger partial charge < -0.3 is 5.32 Å². The number of amides is 1. The van der Waals surface area contributed by atoms with Crippen molar-refractivity contribution in [3.8, 4) is 0 Å². The molecule has 0 fully saturated rings. The number of hydrogen-bond acceptors (Lipinski definition) is 4. The summed E-state index contributed by atoms with van der Waals surface area (Å²) in [6.07, 6.45) is 6.12. The van der Waals surface area contributed by atoms with E-state index < -0.39 is 0 Å². The molecular weight excluding hydrogens is 312 g/mol. The monoisotopic (exact) mass is 336 g/mol. The van der Waals surface area contributed by atoms with Gasteiger partial charge >= 0.3 is 0 Å². The van der Waals surface area contributed by atoms with Crippen molar-refractivity contribution in [2.45, 2.75) is 33.1 Å². The highest BCUT2D eigenvalue weighted by molar-refractivity contribution is 6.15. The zero-order chi connectivity index (χ0) is 17.6. The molecule has 1 amide bonds. The molecule has 0 spiro atoms. The quantitative estimate of drug-likeness (QED) is 0.835. The average molecular weight is 336 g/mol. The van der Waals surface area contributed by atoms with Crippen LogP contribution in [0.1, 0.15) is 32.3 Å². The third-order valence-electron chi connectivity index (χ3n) is 4.45. The number of para-hydroxylation sites is 1. The maximum Gasteiger partial charge on any atom is 0.258 e. The second-order valence-corrected chi connectivity index (χ2v) is 6.14. The Hall–Kier alpha value is -2.69. The molecule has 0 saturated carbocycles. The van der Waals surface area contributed by atoms with E-state index >= 15 is 0 Å². The molecule has 1 aromatic carbocycles. The summed E-state index contributed by atoms with van der Waals surface area (Å²) in [7, 11) is 0. The maximum atomic E-state index is 12.9. The van der Waals surface area contributed by atoms with Gasteiger partial charge in [0.25, 0.3) is 5.91 Å². The Morgan fingerprint density at radius 1 is 1.12 bits per heavy atom. The Morgan fingerprint density at radius 3 is 2.60 bits per heavy atom. The molecular formula is C20H24N4O. The van der Waals surface area contributed by atoms with Gasteiger partial charge in [0.05, 0.1) is 17.3 Å². The van der Waals surface area contributed by atoms with Crippen LogP contribution in [-0.4, -0.2) is 23.1 Å². The first kappa shape index (κ1) is 17.1. The summed E-state index contributed by atoms with van der Waals surface area (Å²) in [6.45, 7) is 4.81. The predicted octanol–water partition coefficient (Wildman–Crippen LogP) is 3.88. The first-order valence-electron chi connectivity index (χ1n) is 8.87. The molecule has 3 rings (SSSR count). The smallest absolute Gasteiger partial charge is 0.258 e. The highest BCUT2D eigenvalue weighted by atomic mass is 16.2. The minimum Gasteiger partial charge on any atom is -0.384 e. The lowest BCUT2D eigenvalue weighted by Gasteiger charge is -2.17. The Labute approximate surface area is 148 Å². The van der Waals surface area contributed by atoms with Crippen LogP contribution in [0.3, 0.4) is 0 Å². The minimum absolute atomic E-state index is 0.0242. The van der Waals surface area contributed by atoms with Crippen molar-refractivity contribution in [1.29, 1.82) is 0 Å². The van der Waals surface area contributed by atoms with Gasteiger partial charge in [-0.2, -0.15) is 5.10 Å². The standard InChI is InChI=1S/C20H24N4O/c1-3-7-19-17(14-22-18-9-6-5-8-15(18)4-2)20(25)24(23-19)16-10-12-21-13-11-16/h5-6,8-13,17,22H,3-4,7,14H2,1-2H3. The highest BCUT2D eigenvalue weighted by Gasteiger charge is 2.35. The van der Waals surface area contributed by atoms with Crippen LogP contribution < -0.4 is 10.3 Å². The molecule has 1 atom stereocenters. The van der Waals surface area contributed by atoms with Gasteiger partial charge in [0.1, 0.15) is 0 Å². The largest absolute Gasteiger partial charge is 0.384 e. The van der Waals surface area contributed by atoms with E-state index in [1.54, 1.807) is 12.4 Å². The molecule has 1 N–H and O–H groups in total. The number of carbonyl (C=O) groups excluding carboxylic acids is 1. The lowest BCUT2D eigenvalue weighted by molar-refractivity contribution is -0.119. The lowest BCUT2D eigenvalue weighted by Crippen LogP contribution is -2.32. The molecule has 0 radical (unpaired) electrons. The Balaban J connectivity index is 1.78. The highest BCUT2D eigenvalue weighted by Crippen LogP contribution is 2.26. The molecule has 2 aromatic rings. The third kappa shape index (κ3) is 3.71. The molecule has 0 bridgehead atoms. The molecule has 25 heavy (non-hydrogen) atoms. The van der Waals surface area contributed by atoms with E-state index in [2.05, 4.69) is 41.4 Å². The van der Waals surface area contributed by atoms with Crippen LogP contribution in [0.5, 0.6) is 0 Å². The fraction of sp³-hybridized carbons (Fsp3) is 0.350. The fourth-order valence-corrected chi connectivity index (χ4v) is 3.11. The molecule has 1 aliphatic rings. The Kier molecular flexibility index (Phi) is 5.43. The number of pyridine rings is 1. The molecule has 1 unspecified atom stereocenters. The summed E-state index contributed by atoms with van der Waals surface area (Å²) >= 11 is 0. The van der Waals surface area contributed by atoms with Crippen LogP contribution in [0, 0.1) is 5.92 Å². The van der Waals surface area contributed by atoms with Crippen molar-refractivity contribution in [3.05, 3.63) is 54.4 Å². The van der Waals surface area contributed by atoms with Gasteiger partial charge in [0.15, 0.2) is 0 Å². The fourth-order valence-electron chi connectivity index (χ4n) is 3.11. The van der Waals surface area contributed by atoms with Crippen molar-refractivity contribution in [2.24, 2.45) is 11.0 Å². The van der Waals surface area contributed by atoms with Crippen LogP contribution in [0.2, 0.25) is 0 Å². The van der Waals surface area contributed by atoms with Gasteiger partial charge in [-0.1, -0.05) is 38.5 Å². The van der Waals surface area contributed by atoms with Gasteiger partial charge in [-0.05, 0) is 36.6 Å². The summed E-state index contributed by atoms with van der Waals surface area (Å²) in [4.78, 5) is 16.9. The van der Waals surface area contributed by atoms with Crippen molar-refractivity contribution in [2.75, 3.05) is 16.9 Å². The molecule has 0 aliphatic carbocycles. The van der Waals surface area contributed by atoms with E-state index in [1.807, 2.05) is 24.3 Å². The number of nitrogens with zero attached hydrogens (tertiary/aromatic N) is 3. The van der Waals surface area contributed by atoms with Crippen LogP contribution in [0.4, 0.5) is 11.4 Å². The van der Waals surface area contributed by atoms with Crippen LogP contribution in [0.15, 0.2) is 53.9 Å². The first-order valence-corrected chi connectivity index (χ1v) is 8.87. The molecule has 1 aromatic heterocycles. The van der Waals surface area contributed by atoms with Gasteiger partial charge in [-0.3, -0.25) is 9.78 Å². The van der Waals surface area contributed by atoms with Gasteiger partial charge in [-0.25, -0.2) is 5.01 Å². The van der Waals surface area contributed by atoms with Crippen molar-refractivity contribution in [3.63, 3.8) is 0 Å². The van der Waals surface area contributed by atoms with E-state index in [-0.39, 0.29) is 11.8 Å². The van der Waals surface area contributed by atoms with Gasteiger partial charge in [-0.15, -0.1) is 0 Å².